The van der Waals surface area contributed by atoms with Gasteiger partial charge in [0, 0.05) is 32.6 Å². The number of nitrogens with one attached hydrogen (secondary N) is 1. The van der Waals surface area contributed by atoms with E-state index in [0.717, 1.165) is 21.8 Å². The number of hydrogen-bond acceptors (Lipinski definition) is 5. The van der Waals surface area contributed by atoms with Crippen LogP contribution in [0.1, 0.15) is 15.5 Å². The Balaban J connectivity index is 1.40. The van der Waals surface area contributed by atoms with Gasteiger partial charge in [-0.3, -0.25) is 4.79 Å². The van der Waals surface area contributed by atoms with Crippen LogP contribution in [0.5, 0.6) is 0 Å². The molecule has 0 spiro atoms. The molecule has 2 heterocycles. The molecule has 0 aliphatic carbocycles. The van der Waals surface area contributed by atoms with Crippen molar-refractivity contribution in [3.63, 3.8) is 0 Å². The van der Waals surface area contributed by atoms with E-state index in [1.54, 1.807) is 30.3 Å². The number of halogens is 2. The number of benzene rings is 2. The highest BCUT2D eigenvalue weighted by Crippen LogP contribution is 2.24. The summed E-state index contributed by atoms with van der Waals surface area (Å²) in [6.07, 6.45) is 0. The van der Waals surface area contributed by atoms with Crippen molar-refractivity contribution in [2.45, 2.75) is 6.54 Å². The van der Waals surface area contributed by atoms with Gasteiger partial charge in [-0.2, -0.15) is 0 Å². The van der Waals surface area contributed by atoms with E-state index < -0.39 is 0 Å². The third kappa shape index (κ3) is 4.25. The second-order valence-electron chi connectivity index (χ2n) is 5.90. The molecule has 4 rings (SSSR count). The smallest absolute Gasteiger partial charge is 0.273 e. The first-order chi connectivity index (χ1) is 13.6. The van der Waals surface area contributed by atoms with Crippen LogP contribution in [0.4, 0.5) is 0 Å². The topological polar surface area (TPSA) is 68.0 Å². The summed E-state index contributed by atoms with van der Waals surface area (Å²) in [5.74, 6) is 0.174. The Morgan fingerprint density at radius 1 is 1.00 bits per heavy atom. The van der Waals surface area contributed by atoms with E-state index in [-0.39, 0.29) is 11.6 Å². The van der Waals surface area contributed by atoms with Gasteiger partial charge in [-0.05, 0) is 36.4 Å². The summed E-state index contributed by atoms with van der Waals surface area (Å²) in [5.41, 5.74) is 2.82. The standard InChI is InChI=1S/C20H13Cl2N3O2S/c21-14-5-1-12(2-6-14)17-11-28-19(24-17)10-23-20(26)16-9-18(27-25-16)13-3-7-15(22)8-4-13/h1-9,11H,10H2,(H,23,26). The SMILES string of the molecule is O=C(NCc1nc(-c2ccc(Cl)cc2)cs1)c1cc(-c2ccc(Cl)cc2)on1. The summed E-state index contributed by atoms with van der Waals surface area (Å²) >= 11 is 13.3. The molecule has 0 bridgehead atoms. The van der Waals surface area contributed by atoms with E-state index in [0.29, 0.717) is 22.4 Å². The van der Waals surface area contributed by atoms with Gasteiger partial charge in [0.05, 0.1) is 12.2 Å². The van der Waals surface area contributed by atoms with E-state index >= 15 is 0 Å². The van der Waals surface area contributed by atoms with Crippen LogP contribution < -0.4 is 5.32 Å². The highest BCUT2D eigenvalue weighted by molar-refractivity contribution is 7.09. The van der Waals surface area contributed by atoms with Gasteiger partial charge in [-0.25, -0.2) is 4.98 Å². The fraction of sp³-hybridized carbons (Fsp3) is 0.0500. The number of nitrogens with zero attached hydrogens (tertiary/aromatic N) is 2. The third-order valence-electron chi connectivity index (χ3n) is 3.96. The lowest BCUT2D eigenvalue weighted by Gasteiger charge is -1.99. The predicted octanol–water partition coefficient (Wildman–Crippen LogP) is 5.70. The first-order valence-corrected chi connectivity index (χ1v) is 9.93. The van der Waals surface area contributed by atoms with Crippen molar-refractivity contribution in [3.8, 4) is 22.6 Å². The molecule has 0 aliphatic rings. The van der Waals surface area contributed by atoms with E-state index in [9.17, 15) is 4.79 Å². The van der Waals surface area contributed by atoms with E-state index in [4.69, 9.17) is 27.7 Å². The van der Waals surface area contributed by atoms with Crippen LogP contribution in [-0.2, 0) is 6.54 Å². The normalized spacial score (nSPS) is 10.8. The Kier molecular flexibility index (Phi) is 5.43. The van der Waals surface area contributed by atoms with Crippen molar-refractivity contribution in [2.75, 3.05) is 0 Å². The van der Waals surface area contributed by atoms with Crippen LogP contribution in [0, 0.1) is 0 Å². The largest absolute Gasteiger partial charge is 0.355 e. The Hall–Kier alpha value is -2.67. The van der Waals surface area contributed by atoms with E-state index in [1.807, 2.05) is 29.6 Å². The first-order valence-electron chi connectivity index (χ1n) is 8.30. The maximum absolute atomic E-state index is 12.3. The quantitative estimate of drug-likeness (QED) is 0.441. The lowest BCUT2D eigenvalue weighted by Crippen LogP contribution is -2.22. The minimum Gasteiger partial charge on any atom is -0.355 e. The molecule has 1 N–H and O–H groups in total. The molecule has 2 aromatic carbocycles. The summed E-state index contributed by atoms with van der Waals surface area (Å²) in [4.78, 5) is 16.9. The lowest BCUT2D eigenvalue weighted by atomic mass is 10.1. The summed E-state index contributed by atoms with van der Waals surface area (Å²) in [6.45, 7) is 0.306. The monoisotopic (exact) mass is 429 g/mol. The summed E-state index contributed by atoms with van der Waals surface area (Å²) in [7, 11) is 0. The van der Waals surface area contributed by atoms with Gasteiger partial charge in [-0.15, -0.1) is 11.3 Å². The van der Waals surface area contributed by atoms with Crippen molar-refractivity contribution >= 4 is 40.4 Å². The second-order valence-corrected chi connectivity index (χ2v) is 7.71. The number of rotatable bonds is 5. The number of hydrogen-bond donors (Lipinski definition) is 1. The zero-order valence-corrected chi connectivity index (χ0v) is 16.7. The summed E-state index contributed by atoms with van der Waals surface area (Å²) in [5, 5.41) is 10.7. The lowest BCUT2D eigenvalue weighted by molar-refractivity contribution is 0.0942. The maximum Gasteiger partial charge on any atom is 0.273 e. The molecule has 0 saturated carbocycles. The van der Waals surface area contributed by atoms with Crippen molar-refractivity contribution < 1.29 is 9.32 Å². The fourth-order valence-corrected chi connectivity index (χ4v) is 3.52. The molecule has 0 atom stereocenters. The van der Waals surface area contributed by atoms with Gasteiger partial charge in [0.25, 0.3) is 5.91 Å². The molecule has 0 aliphatic heterocycles. The zero-order chi connectivity index (χ0) is 19.5. The van der Waals surface area contributed by atoms with Crippen molar-refractivity contribution in [1.82, 2.24) is 15.5 Å². The molecule has 8 heteroatoms. The first kappa shape index (κ1) is 18.7. The summed E-state index contributed by atoms with van der Waals surface area (Å²) < 4.78 is 5.26. The van der Waals surface area contributed by atoms with Crippen molar-refractivity contribution in [1.29, 1.82) is 0 Å². The molecular formula is C20H13Cl2N3O2S. The molecule has 0 saturated heterocycles. The number of carbonyl (C=O) groups excluding carboxylic acids is 1. The molecule has 2 aromatic heterocycles. The number of carbonyl (C=O) groups is 1. The minimum absolute atomic E-state index is 0.208. The highest BCUT2D eigenvalue weighted by atomic mass is 35.5. The van der Waals surface area contributed by atoms with E-state index in [2.05, 4.69) is 15.5 Å². The van der Waals surface area contributed by atoms with Gasteiger partial charge < -0.3 is 9.84 Å². The third-order valence-corrected chi connectivity index (χ3v) is 5.32. The minimum atomic E-state index is -0.327. The Morgan fingerprint density at radius 3 is 2.32 bits per heavy atom. The van der Waals surface area contributed by atoms with Gasteiger partial charge in [-0.1, -0.05) is 40.5 Å². The van der Waals surface area contributed by atoms with Gasteiger partial charge in [0.15, 0.2) is 11.5 Å². The highest BCUT2D eigenvalue weighted by Gasteiger charge is 2.14. The number of aromatic nitrogens is 2. The van der Waals surface area contributed by atoms with Gasteiger partial charge >= 0.3 is 0 Å². The average molecular weight is 430 g/mol. The molecular weight excluding hydrogens is 417 g/mol. The van der Waals surface area contributed by atoms with E-state index in [1.165, 1.54) is 11.3 Å². The molecule has 1 amide bonds. The number of amides is 1. The Bertz CT molecular complexity index is 1110. The predicted molar refractivity (Wildman–Crippen MR) is 111 cm³/mol. The van der Waals surface area contributed by atoms with Crippen LogP contribution in [0.15, 0.2) is 64.5 Å². The maximum atomic E-state index is 12.3. The van der Waals surface area contributed by atoms with Crippen LogP contribution in [-0.4, -0.2) is 16.0 Å². The Morgan fingerprint density at radius 2 is 1.64 bits per heavy atom. The van der Waals surface area contributed by atoms with Crippen LogP contribution >= 0.6 is 34.5 Å². The molecule has 0 fully saturated rings. The molecule has 140 valence electrons. The molecule has 5 nitrogen and oxygen atoms in total. The van der Waals surface area contributed by atoms with Crippen LogP contribution in [0.2, 0.25) is 10.0 Å². The molecule has 4 aromatic rings. The zero-order valence-electron chi connectivity index (χ0n) is 14.4. The molecule has 28 heavy (non-hydrogen) atoms. The average Bonchev–Trinajstić information content (AvgIpc) is 3.37. The fourth-order valence-electron chi connectivity index (χ4n) is 2.52. The van der Waals surface area contributed by atoms with Crippen LogP contribution in [0.3, 0.4) is 0 Å². The van der Waals surface area contributed by atoms with Crippen molar-refractivity contribution in [3.05, 3.63) is 80.7 Å². The van der Waals surface area contributed by atoms with Crippen molar-refractivity contribution in [2.24, 2.45) is 0 Å². The molecule has 0 radical (unpaired) electrons. The number of thiazole rings is 1. The summed E-state index contributed by atoms with van der Waals surface area (Å²) in [6, 6.07) is 16.2. The van der Waals surface area contributed by atoms with Gasteiger partial charge in [0.1, 0.15) is 5.01 Å². The molecule has 0 unspecified atom stereocenters. The second kappa shape index (κ2) is 8.14. The van der Waals surface area contributed by atoms with Gasteiger partial charge in [0.2, 0.25) is 0 Å². The Labute approximate surface area is 174 Å². The van der Waals surface area contributed by atoms with Crippen LogP contribution in [0.25, 0.3) is 22.6 Å².